The Morgan fingerprint density at radius 2 is 1.67 bits per heavy atom. The summed E-state index contributed by atoms with van der Waals surface area (Å²) in [5.41, 5.74) is 3.81. The number of benzene rings is 2. The molecule has 1 fully saturated rings. The van der Waals surface area contributed by atoms with Gasteiger partial charge >= 0.3 is 0 Å². The molecule has 0 saturated carbocycles. The number of rotatable bonds is 7. The maximum absolute atomic E-state index is 13.8. The highest BCUT2D eigenvalue weighted by Crippen LogP contribution is 2.39. The molecule has 3 aliphatic heterocycles. The number of nitrogens with one attached hydrogen (secondary N) is 1. The lowest BCUT2D eigenvalue weighted by atomic mass is 10.0. The Hall–Kier alpha value is -3.21. The van der Waals surface area contributed by atoms with Crippen molar-refractivity contribution < 1.29 is 18.0 Å². The van der Waals surface area contributed by atoms with Crippen molar-refractivity contribution in [2.75, 3.05) is 42.3 Å². The van der Waals surface area contributed by atoms with E-state index in [9.17, 15) is 18.0 Å². The second-order valence-corrected chi connectivity index (χ2v) is 14.3. The number of amides is 2. The Morgan fingerprint density at radius 3 is 2.43 bits per heavy atom. The SMILES string of the molecule is CCCN1CCc2c(sc(NC(=O)c3ccc(S(=O)(=O)N4CCCc5ccccc54)cc3)c2C(=O)N2CCCCC2)C1. The molecule has 3 aromatic rings. The number of fused-ring (bicyclic) bond motifs is 2. The van der Waals surface area contributed by atoms with Gasteiger partial charge < -0.3 is 10.2 Å². The number of carbonyl (C=O) groups is 2. The number of sulfonamides is 1. The smallest absolute Gasteiger partial charge is 0.264 e. The van der Waals surface area contributed by atoms with Crippen LogP contribution in [0.4, 0.5) is 10.7 Å². The number of hydrogen-bond acceptors (Lipinski definition) is 6. The molecule has 8 nitrogen and oxygen atoms in total. The molecular formula is C32H38N4O4S2. The summed E-state index contributed by atoms with van der Waals surface area (Å²) in [5, 5.41) is 3.64. The van der Waals surface area contributed by atoms with Gasteiger partial charge in [-0.2, -0.15) is 0 Å². The fourth-order valence-corrected chi connectivity index (χ4v) is 9.18. The van der Waals surface area contributed by atoms with Gasteiger partial charge in [0, 0.05) is 43.2 Å². The normalized spacial score (nSPS) is 17.5. The molecule has 42 heavy (non-hydrogen) atoms. The maximum Gasteiger partial charge on any atom is 0.264 e. The number of piperidine rings is 1. The molecule has 0 bridgehead atoms. The summed E-state index contributed by atoms with van der Waals surface area (Å²) < 4.78 is 28.6. The van der Waals surface area contributed by atoms with E-state index in [0.29, 0.717) is 22.7 Å². The average Bonchev–Trinajstić information content (AvgIpc) is 3.37. The van der Waals surface area contributed by atoms with Crippen molar-refractivity contribution in [1.82, 2.24) is 9.80 Å². The first-order valence-corrected chi connectivity index (χ1v) is 17.3. The van der Waals surface area contributed by atoms with Crippen LogP contribution >= 0.6 is 11.3 Å². The zero-order valence-electron chi connectivity index (χ0n) is 24.1. The van der Waals surface area contributed by atoms with Crippen molar-refractivity contribution in [3.8, 4) is 0 Å². The molecule has 1 N–H and O–H groups in total. The van der Waals surface area contributed by atoms with E-state index in [1.165, 1.54) is 27.8 Å². The lowest BCUT2D eigenvalue weighted by molar-refractivity contribution is 0.0724. The summed E-state index contributed by atoms with van der Waals surface area (Å²) in [7, 11) is -3.77. The molecule has 2 amide bonds. The standard InChI is InChI=1S/C32H38N4O4S2/c1-2-17-34-21-16-26-28(22-34)41-31(29(26)32(38)35-18-6-3-7-19-35)33-30(37)24-12-14-25(15-13-24)42(39,40)36-20-8-10-23-9-4-5-11-27(23)36/h4-5,9,11-15H,2-3,6-8,10,16-22H2,1H3,(H,33,37). The zero-order chi connectivity index (χ0) is 29.3. The van der Waals surface area contributed by atoms with Crippen LogP contribution in [0.15, 0.2) is 53.4 Å². The van der Waals surface area contributed by atoms with Gasteiger partial charge in [-0.25, -0.2) is 8.42 Å². The minimum Gasteiger partial charge on any atom is -0.339 e. The highest BCUT2D eigenvalue weighted by Gasteiger charge is 2.32. The minimum atomic E-state index is -3.77. The molecule has 4 heterocycles. The Labute approximate surface area is 252 Å². The van der Waals surface area contributed by atoms with E-state index in [0.717, 1.165) is 99.4 Å². The van der Waals surface area contributed by atoms with Crippen LogP contribution in [0.2, 0.25) is 0 Å². The predicted octanol–water partition coefficient (Wildman–Crippen LogP) is 5.54. The number of nitrogens with zero attached hydrogens (tertiary/aromatic N) is 3. The minimum absolute atomic E-state index is 0.00898. The van der Waals surface area contributed by atoms with Crippen molar-refractivity contribution in [3.63, 3.8) is 0 Å². The third-order valence-electron chi connectivity index (χ3n) is 8.53. The van der Waals surface area contributed by atoms with Crippen LogP contribution in [0, 0.1) is 0 Å². The largest absolute Gasteiger partial charge is 0.339 e. The number of thiophene rings is 1. The number of anilines is 2. The van der Waals surface area contributed by atoms with Crippen molar-refractivity contribution in [2.24, 2.45) is 0 Å². The van der Waals surface area contributed by atoms with Gasteiger partial charge in [-0.15, -0.1) is 11.3 Å². The number of likely N-dealkylation sites (tertiary alicyclic amines) is 1. The van der Waals surface area contributed by atoms with Crippen LogP contribution < -0.4 is 9.62 Å². The van der Waals surface area contributed by atoms with E-state index in [2.05, 4.69) is 17.1 Å². The molecule has 0 spiro atoms. The molecule has 0 radical (unpaired) electrons. The summed E-state index contributed by atoms with van der Waals surface area (Å²) in [4.78, 5) is 32.9. The first kappa shape index (κ1) is 28.9. The lowest BCUT2D eigenvalue weighted by Crippen LogP contribution is -2.37. The predicted molar refractivity (Wildman–Crippen MR) is 167 cm³/mol. The zero-order valence-corrected chi connectivity index (χ0v) is 25.7. The second-order valence-electron chi connectivity index (χ2n) is 11.4. The number of para-hydroxylation sites is 1. The molecule has 222 valence electrons. The first-order valence-electron chi connectivity index (χ1n) is 15.0. The summed E-state index contributed by atoms with van der Waals surface area (Å²) in [6, 6.07) is 13.7. The third-order valence-corrected chi connectivity index (χ3v) is 11.5. The van der Waals surface area contributed by atoms with E-state index < -0.39 is 10.0 Å². The second kappa shape index (κ2) is 12.2. The van der Waals surface area contributed by atoms with Crippen molar-refractivity contribution >= 4 is 43.9 Å². The Balaban J connectivity index is 1.25. The highest BCUT2D eigenvalue weighted by atomic mass is 32.2. The lowest BCUT2D eigenvalue weighted by Gasteiger charge is -2.30. The van der Waals surface area contributed by atoms with Crippen molar-refractivity contribution in [3.05, 3.63) is 75.7 Å². The van der Waals surface area contributed by atoms with E-state index in [1.807, 2.05) is 29.2 Å². The molecule has 2 aromatic carbocycles. The molecule has 0 atom stereocenters. The monoisotopic (exact) mass is 606 g/mol. The Morgan fingerprint density at radius 1 is 0.905 bits per heavy atom. The molecule has 10 heteroatoms. The number of aryl methyl sites for hydroxylation is 1. The van der Waals surface area contributed by atoms with E-state index in [1.54, 1.807) is 12.1 Å². The van der Waals surface area contributed by atoms with Gasteiger partial charge in [0.25, 0.3) is 21.8 Å². The third kappa shape index (κ3) is 5.59. The van der Waals surface area contributed by atoms with Crippen LogP contribution in [0.1, 0.15) is 75.7 Å². The summed E-state index contributed by atoms with van der Waals surface area (Å²) in [6.45, 7) is 6.79. The number of carbonyl (C=O) groups excluding carboxylic acids is 2. The van der Waals surface area contributed by atoms with Crippen LogP contribution in [0.3, 0.4) is 0 Å². The highest BCUT2D eigenvalue weighted by molar-refractivity contribution is 7.92. The molecular weight excluding hydrogens is 569 g/mol. The van der Waals surface area contributed by atoms with Gasteiger partial charge in [0.2, 0.25) is 0 Å². The quantitative estimate of drug-likeness (QED) is 0.382. The van der Waals surface area contributed by atoms with Gasteiger partial charge in [-0.3, -0.25) is 18.8 Å². The van der Waals surface area contributed by atoms with Gasteiger partial charge in [-0.1, -0.05) is 25.1 Å². The fraction of sp³-hybridized carbons (Fsp3) is 0.438. The fourth-order valence-electron chi connectivity index (χ4n) is 6.36. The van der Waals surface area contributed by atoms with Gasteiger partial charge in [0.15, 0.2) is 0 Å². The average molecular weight is 607 g/mol. The Kier molecular flexibility index (Phi) is 8.38. The van der Waals surface area contributed by atoms with Crippen LogP contribution in [-0.4, -0.2) is 62.8 Å². The number of hydrogen-bond donors (Lipinski definition) is 1. The van der Waals surface area contributed by atoms with Crippen molar-refractivity contribution in [2.45, 2.75) is 63.3 Å². The van der Waals surface area contributed by atoms with Crippen molar-refractivity contribution in [1.29, 1.82) is 0 Å². The Bertz CT molecular complexity index is 1580. The van der Waals surface area contributed by atoms with Gasteiger partial charge in [-0.05, 0) is 92.9 Å². The maximum atomic E-state index is 13.8. The molecule has 3 aliphatic rings. The van der Waals surface area contributed by atoms with E-state index >= 15 is 0 Å². The van der Waals surface area contributed by atoms with Gasteiger partial charge in [0.1, 0.15) is 5.00 Å². The molecule has 6 rings (SSSR count). The van der Waals surface area contributed by atoms with Crippen LogP contribution in [0.5, 0.6) is 0 Å². The van der Waals surface area contributed by atoms with E-state index in [-0.39, 0.29) is 16.7 Å². The molecule has 1 saturated heterocycles. The molecule has 1 aromatic heterocycles. The molecule has 0 unspecified atom stereocenters. The van der Waals surface area contributed by atoms with Crippen LogP contribution in [-0.2, 0) is 29.4 Å². The van der Waals surface area contributed by atoms with Crippen LogP contribution in [0.25, 0.3) is 0 Å². The molecule has 0 aliphatic carbocycles. The summed E-state index contributed by atoms with van der Waals surface area (Å²) in [6.07, 6.45) is 6.62. The summed E-state index contributed by atoms with van der Waals surface area (Å²) >= 11 is 1.50. The topological polar surface area (TPSA) is 90.0 Å². The van der Waals surface area contributed by atoms with E-state index in [4.69, 9.17) is 0 Å². The summed E-state index contributed by atoms with van der Waals surface area (Å²) in [5.74, 6) is -0.339. The first-order chi connectivity index (χ1) is 20.4. The van der Waals surface area contributed by atoms with Gasteiger partial charge in [0.05, 0.1) is 16.1 Å².